The van der Waals surface area contributed by atoms with Crippen molar-refractivity contribution in [1.29, 1.82) is 0 Å². The second-order valence-electron chi connectivity index (χ2n) is 2.07. The molecule has 0 saturated heterocycles. The van der Waals surface area contributed by atoms with Crippen LogP contribution >= 0.6 is 15.9 Å². The zero-order valence-electron chi connectivity index (χ0n) is 5.43. The molecule has 1 unspecified atom stereocenters. The van der Waals surface area contributed by atoms with Crippen LogP contribution in [0.4, 0.5) is 0 Å². The Hall–Kier alpha value is -0.0500. The molecule has 0 aromatic rings. The standard InChI is InChI=1S/C6H11BrO2/c1-5(6(8)9)3-2-4-7/h5H,2-4H2,1H3,(H,8,9). The fourth-order valence-corrected chi connectivity index (χ4v) is 0.831. The summed E-state index contributed by atoms with van der Waals surface area (Å²) in [5, 5.41) is 9.29. The second-order valence-corrected chi connectivity index (χ2v) is 2.86. The quantitative estimate of drug-likeness (QED) is 0.695. The number of halogens is 1. The van der Waals surface area contributed by atoms with E-state index in [1.165, 1.54) is 0 Å². The lowest BCUT2D eigenvalue weighted by molar-refractivity contribution is -0.141. The van der Waals surface area contributed by atoms with Gasteiger partial charge in [-0.2, -0.15) is 0 Å². The summed E-state index contributed by atoms with van der Waals surface area (Å²) in [6, 6.07) is 0. The van der Waals surface area contributed by atoms with E-state index in [0.717, 1.165) is 18.2 Å². The van der Waals surface area contributed by atoms with Crippen molar-refractivity contribution >= 4 is 21.9 Å². The van der Waals surface area contributed by atoms with Gasteiger partial charge in [-0.3, -0.25) is 4.79 Å². The maximum atomic E-state index is 10.2. The van der Waals surface area contributed by atoms with Crippen LogP contribution in [0.2, 0.25) is 0 Å². The van der Waals surface area contributed by atoms with Gasteiger partial charge in [0.25, 0.3) is 0 Å². The van der Waals surface area contributed by atoms with Crippen molar-refractivity contribution in [2.24, 2.45) is 5.92 Å². The van der Waals surface area contributed by atoms with Crippen molar-refractivity contribution in [3.05, 3.63) is 0 Å². The average Bonchev–Trinajstić information content (AvgIpc) is 1.82. The SMILES string of the molecule is CC(CCCBr)C(=O)O. The molecule has 0 radical (unpaired) electrons. The van der Waals surface area contributed by atoms with Crippen LogP contribution in [0, 0.1) is 5.92 Å². The zero-order valence-corrected chi connectivity index (χ0v) is 7.02. The van der Waals surface area contributed by atoms with Gasteiger partial charge in [-0.25, -0.2) is 0 Å². The number of carboxylic acids is 1. The first-order chi connectivity index (χ1) is 4.18. The van der Waals surface area contributed by atoms with Crippen LogP contribution in [0.5, 0.6) is 0 Å². The van der Waals surface area contributed by atoms with Crippen LogP contribution in [0.15, 0.2) is 0 Å². The Morgan fingerprint density at radius 2 is 2.33 bits per heavy atom. The molecular formula is C6H11BrO2. The lowest BCUT2D eigenvalue weighted by Crippen LogP contribution is -2.08. The van der Waals surface area contributed by atoms with Gasteiger partial charge < -0.3 is 5.11 Å². The van der Waals surface area contributed by atoms with Gasteiger partial charge in [0, 0.05) is 5.33 Å². The summed E-state index contributed by atoms with van der Waals surface area (Å²) in [5.74, 6) is -0.890. The summed E-state index contributed by atoms with van der Waals surface area (Å²) in [6.45, 7) is 1.73. The van der Waals surface area contributed by atoms with Gasteiger partial charge in [-0.1, -0.05) is 22.9 Å². The van der Waals surface area contributed by atoms with Crippen LogP contribution in [-0.2, 0) is 4.79 Å². The van der Waals surface area contributed by atoms with E-state index in [1.54, 1.807) is 6.92 Å². The van der Waals surface area contributed by atoms with E-state index < -0.39 is 5.97 Å². The summed E-state index contributed by atoms with van der Waals surface area (Å²) in [4.78, 5) is 10.2. The van der Waals surface area contributed by atoms with E-state index in [9.17, 15) is 4.79 Å². The molecule has 0 rings (SSSR count). The summed E-state index contributed by atoms with van der Waals surface area (Å²) in [7, 11) is 0. The molecule has 0 amide bonds. The molecule has 54 valence electrons. The first kappa shape index (κ1) is 8.95. The molecule has 9 heavy (non-hydrogen) atoms. The maximum Gasteiger partial charge on any atom is 0.306 e. The van der Waals surface area contributed by atoms with Crippen molar-refractivity contribution < 1.29 is 9.90 Å². The zero-order chi connectivity index (χ0) is 7.28. The molecule has 0 spiro atoms. The molecule has 0 aliphatic carbocycles. The number of carboxylic acid groups (broad SMARTS) is 1. The molecule has 1 N–H and O–H groups in total. The predicted molar refractivity (Wildman–Crippen MR) is 39.8 cm³/mol. The molecule has 1 atom stereocenters. The Labute approximate surface area is 63.4 Å². The number of aliphatic carboxylic acids is 1. The topological polar surface area (TPSA) is 37.3 Å². The molecule has 0 aromatic carbocycles. The minimum atomic E-state index is -0.698. The third kappa shape index (κ3) is 4.45. The normalized spacial score (nSPS) is 13.1. The maximum absolute atomic E-state index is 10.2. The monoisotopic (exact) mass is 194 g/mol. The number of hydrogen-bond donors (Lipinski definition) is 1. The Bertz CT molecular complexity index is 93.1. The third-order valence-corrected chi connectivity index (χ3v) is 1.75. The molecule has 2 nitrogen and oxygen atoms in total. The van der Waals surface area contributed by atoms with Gasteiger partial charge in [0.1, 0.15) is 0 Å². The predicted octanol–water partition coefficient (Wildman–Crippen LogP) is 1.88. The summed E-state index contributed by atoms with van der Waals surface area (Å²) in [6.07, 6.45) is 1.70. The Kier molecular flexibility index (Phi) is 4.77. The van der Waals surface area contributed by atoms with E-state index in [0.29, 0.717) is 0 Å². The van der Waals surface area contributed by atoms with Gasteiger partial charge in [0.15, 0.2) is 0 Å². The largest absolute Gasteiger partial charge is 0.481 e. The van der Waals surface area contributed by atoms with Crippen LogP contribution in [-0.4, -0.2) is 16.4 Å². The molecule has 0 aliphatic rings. The molecule has 0 fully saturated rings. The van der Waals surface area contributed by atoms with Gasteiger partial charge >= 0.3 is 5.97 Å². The molecule has 0 saturated carbocycles. The fourth-order valence-electron chi connectivity index (χ4n) is 0.507. The van der Waals surface area contributed by atoms with Crippen molar-refractivity contribution in [2.75, 3.05) is 5.33 Å². The number of alkyl halides is 1. The summed E-state index contributed by atoms with van der Waals surface area (Å²) < 4.78 is 0. The highest BCUT2D eigenvalue weighted by atomic mass is 79.9. The fraction of sp³-hybridized carbons (Fsp3) is 0.833. The number of rotatable bonds is 4. The van der Waals surface area contributed by atoms with Crippen molar-refractivity contribution in [1.82, 2.24) is 0 Å². The van der Waals surface area contributed by atoms with E-state index >= 15 is 0 Å². The highest BCUT2D eigenvalue weighted by Gasteiger charge is 2.08. The highest BCUT2D eigenvalue weighted by molar-refractivity contribution is 9.09. The van der Waals surface area contributed by atoms with E-state index in [1.807, 2.05) is 0 Å². The summed E-state index contributed by atoms with van der Waals surface area (Å²) >= 11 is 3.23. The van der Waals surface area contributed by atoms with Crippen molar-refractivity contribution in [2.45, 2.75) is 19.8 Å². The first-order valence-corrected chi connectivity index (χ1v) is 4.09. The van der Waals surface area contributed by atoms with E-state index in [4.69, 9.17) is 5.11 Å². The Morgan fingerprint density at radius 3 is 2.67 bits per heavy atom. The van der Waals surface area contributed by atoms with Crippen LogP contribution < -0.4 is 0 Å². The number of carbonyl (C=O) groups is 1. The lowest BCUT2D eigenvalue weighted by Gasteiger charge is -2.01. The van der Waals surface area contributed by atoms with Gasteiger partial charge in [0.2, 0.25) is 0 Å². The van der Waals surface area contributed by atoms with Crippen LogP contribution in [0.1, 0.15) is 19.8 Å². The second kappa shape index (κ2) is 4.79. The lowest BCUT2D eigenvalue weighted by atomic mass is 10.1. The minimum Gasteiger partial charge on any atom is -0.481 e. The van der Waals surface area contributed by atoms with Crippen LogP contribution in [0.3, 0.4) is 0 Å². The molecule has 0 heterocycles. The van der Waals surface area contributed by atoms with Crippen molar-refractivity contribution in [3.63, 3.8) is 0 Å². The smallest absolute Gasteiger partial charge is 0.306 e. The van der Waals surface area contributed by atoms with Crippen LogP contribution in [0.25, 0.3) is 0 Å². The van der Waals surface area contributed by atoms with E-state index in [2.05, 4.69) is 15.9 Å². The molecule has 0 aromatic heterocycles. The Balaban J connectivity index is 3.27. The summed E-state index contributed by atoms with van der Waals surface area (Å²) in [5.41, 5.74) is 0. The minimum absolute atomic E-state index is 0.192. The molecular weight excluding hydrogens is 184 g/mol. The van der Waals surface area contributed by atoms with Crippen molar-refractivity contribution in [3.8, 4) is 0 Å². The van der Waals surface area contributed by atoms with Gasteiger partial charge in [-0.15, -0.1) is 0 Å². The molecule has 0 aliphatic heterocycles. The first-order valence-electron chi connectivity index (χ1n) is 2.97. The average molecular weight is 195 g/mol. The number of hydrogen-bond acceptors (Lipinski definition) is 1. The Morgan fingerprint density at radius 1 is 1.78 bits per heavy atom. The van der Waals surface area contributed by atoms with Gasteiger partial charge in [-0.05, 0) is 12.8 Å². The highest BCUT2D eigenvalue weighted by Crippen LogP contribution is 2.06. The third-order valence-electron chi connectivity index (χ3n) is 1.19. The van der Waals surface area contributed by atoms with Gasteiger partial charge in [0.05, 0.1) is 5.92 Å². The molecule has 0 bridgehead atoms. The van der Waals surface area contributed by atoms with E-state index in [-0.39, 0.29) is 5.92 Å². The molecule has 3 heteroatoms.